The Bertz CT molecular complexity index is 537. The zero-order chi connectivity index (χ0) is 16.7. The van der Waals surface area contributed by atoms with E-state index in [1.165, 1.54) is 0 Å². The zero-order valence-electron chi connectivity index (χ0n) is 13.8. The first kappa shape index (κ1) is 17.5. The predicted molar refractivity (Wildman–Crippen MR) is 91.8 cm³/mol. The average Bonchev–Trinajstić information content (AvgIpc) is 3.06. The average molecular weight is 317 g/mol. The highest BCUT2D eigenvalue weighted by molar-refractivity contribution is 5.92. The summed E-state index contributed by atoms with van der Waals surface area (Å²) in [5.74, 6) is 0.264. The van der Waals surface area contributed by atoms with Crippen LogP contribution in [0.25, 0.3) is 0 Å². The molecular weight excluding hydrogens is 290 g/mol. The van der Waals surface area contributed by atoms with Crippen LogP contribution in [0.3, 0.4) is 0 Å². The smallest absolute Gasteiger partial charge is 0.227 e. The molecule has 0 saturated heterocycles. The van der Waals surface area contributed by atoms with Gasteiger partial charge in [-0.3, -0.25) is 9.59 Å². The topological polar surface area (TPSA) is 84.2 Å². The molecule has 1 aliphatic rings. The second-order valence-electron chi connectivity index (χ2n) is 6.46. The van der Waals surface area contributed by atoms with E-state index in [1.807, 2.05) is 31.2 Å². The number of amides is 2. The number of carbonyl (C=O) groups excluding carboxylic acids is 2. The van der Waals surface area contributed by atoms with Gasteiger partial charge in [-0.2, -0.15) is 0 Å². The van der Waals surface area contributed by atoms with E-state index in [0.29, 0.717) is 19.4 Å². The number of hydrogen-bond acceptors (Lipinski definition) is 3. The fourth-order valence-electron chi connectivity index (χ4n) is 2.84. The van der Waals surface area contributed by atoms with Gasteiger partial charge in [0.1, 0.15) is 0 Å². The normalized spacial score (nSPS) is 16.1. The lowest BCUT2D eigenvalue weighted by molar-refractivity contribution is -0.121. The number of nitrogens with one attached hydrogen (secondary N) is 2. The van der Waals surface area contributed by atoms with Gasteiger partial charge in [0, 0.05) is 30.6 Å². The quantitative estimate of drug-likeness (QED) is 0.722. The standard InChI is InChI=1S/C18H27N3O2/c1-13(19)9-10-17(22)20-12-14-5-4-8-16(11-14)21-18(23)15-6-2-3-7-15/h4-5,8,11,13,15H,2-3,6-7,9-10,12,19H2,1H3,(H,20,22)(H,21,23). The molecule has 1 aliphatic carbocycles. The van der Waals surface area contributed by atoms with Crippen molar-refractivity contribution in [2.45, 2.75) is 58.0 Å². The molecule has 0 heterocycles. The van der Waals surface area contributed by atoms with Gasteiger partial charge in [0.15, 0.2) is 0 Å². The van der Waals surface area contributed by atoms with Gasteiger partial charge in [-0.15, -0.1) is 0 Å². The van der Waals surface area contributed by atoms with Gasteiger partial charge in [0.2, 0.25) is 11.8 Å². The van der Waals surface area contributed by atoms with E-state index in [0.717, 1.165) is 36.9 Å². The first-order chi connectivity index (χ1) is 11.0. The van der Waals surface area contributed by atoms with Gasteiger partial charge in [-0.05, 0) is 43.9 Å². The highest BCUT2D eigenvalue weighted by Gasteiger charge is 2.22. The van der Waals surface area contributed by atoms with Crippen LogP contribution in [0.5, 0.6) is 0 Å². The maximum Gasteiger partial charge on any atom is 0.227 e. The van der Waals surface area contributed by atoms with Gasteiger partial charge in [0.05, 0.1) is 0 Å². The molecule has 126 valence electrons. The van der Waals surface area contributed by atoms with Crippen LogP contribution in [0.4, 0.5) is 5.69 Å². The van der Waals surface area contributed by atoms with Crippen molar-refractivity contribution < 1.29 is 9.59 Å². The van der Waals surface area contributed by atoms with Crippen molar-refractivity contribution >= 4 is 17.5 Å². The maximum atomic E-state index is 12.1. The summed E-state index contributed by atoms with van der Waals surface area (Å²) in [5, 5.41) is 5.87. The maximum absolute atomic E-state index is 12.1. The van der Waals surface area contributed by atoms with E-state index < -0.39 is 0 Å². The Morgan fingerprint density at radius 2 is 2.04 bits per heavy atom. The fourth-order valence-corrected chi connectivity index (χ4v) is 2.84. The summed E-state index contributed by atoms with van der Waals surface area (Å²) in [6.07, 6.45) is 5.39. The SMILES string of the molecule is CC(N)CCC(=O)NCc1cccc(NC(=O)C2CCCC2)c1. The number of rotatable bonds is 7. The van der Waals surface area contributed by atoms with Gasteiger partial charge in [0.25, 0.3) is 0 Å². The summed E-state index contributed by atoms with van der Waals surface area (Å²) < 4.78 is 0. The highest BCUT2D eigenvalue weighted by atomic mass is 16.2. The minimum atomic E-state index is 0.00249. The Hall–Kier alpha value is -1.88. The highest BCUT2D eigenvalue weighted by Crippen LogP contribution is 2.26. The van der Waals surface area contributed by atoms with Crippen LogP contribution in [0, 0.1) is 5.92 Å². The summed E-state index contributed by atoms with van der Waals surface area (Å²) in [5.41, 5.74) is 7.42. The third kappa shape index (κ3) is 6.02. The van der Waals surface area contributed by atoms with Crippen molar-refractivity contribution in [1.82, 2.24) is 5.32 Å². The lowest BCUT2D eigenvalue weighted by Crippen LogP contribution is -2.25. The monoisotopic (exact) mass is 317 g/mol. The second-order valence-corrected chi connectivity index (χ2v) is 6.46. The lowest BCUT2D eigenvalue weighted by atomic mass is 10.1. The Morgan fingerprint density at radius 3 is 2.74 bits per heavy atom. The molecule has 2 amide bonds. The van der Waals surface area contributed by atoms with Crippen LogP contribution in [0.15, 0.2) is 24.3 Å². The first-order valence-electron chi connectivity index (χ1n) is 8.46. The number of anilines is 1. The predicted octanol–water partition coefficient (Wildman–Crippen LogP) is 2.56. The van der Waals surface area contributed by atoms with Crippen LogP contribution >= 0.6 is 0 Å². The van der Waals surface area contributed by atoms with Crippen LogP contribution in [-0.2, 0) is 16.1 Å². The van der Waals surface area contributed by atoms with E-state index in [-0.39, 0.29) is 23.8 Å². The summed E-state index contributed by atoms with van der Waals surface area (Å²) in [7, 11) is 0. The van der Waals surface area contributed by atoms with Crippen molar-refractivity contribution in [3.63, 3.8) is 0 Å². The van der Waals surface area contributed by atoms with Crippen LogP contribution < -0.4 is 16.4 Å². The van der Waals surface area contributed by atoms with Gasteiger partial charge in [-0.1, -0.05) is 25.0 Å². The number of benzene rings is 1. The molecule has 0 bridgehead atoms. The molecule has 0 aromatic heterocycles. The third-order valence-electron chi connectivity index (χ3n) is 4.24. The molecule has 0 radical (unpaired) electrons. The Labute approximate surface area is 138 Å². The van der Waals surface area contributed by atoms with E-state index in [2.05, 4.69) is 10.6 Å². The van der Waals surface area contributed by atoms with E-state index in [9.17, 15) is 9.59 Å². The van der Waals surface area contributed by atoms with Gasteiger partial charge < -0.3 is 16.4 Å². The molecule has 1 saturated carbocycles. The Morgan fingerprint density at radius 1 is 1.30 bits per heavy atom. The molecule has 5 nitrogen and oxygen atoms in total. The van der Waals surface area contributed by atoms with Crippen LogP contribution in [0.1, 0.15) is 51.0 Å². The summed E-state index contributed by atoms with van der Waals surface area (Å²) in [6, 6.07) is 7.67. The van der Waals surface area contributed by atoms with E-state index >= 15 is 0 Å². The molecule has 4 N–H and O–H groups in total. The minimum Gasteiger partial charge on any atom is -0.352 e. The minimum absolute atomic E-state index is 0.00249. The van der Waals surface area contributed by atoms with E-state index in [1.54, 1.807) is 0 Å². The Balaban J connectivity index is 1.82. The molecule has 1 atom stereocenters. The summed E-state index contributed by atoms with van der Waals surface area (Å²) >= 11 is 0. The van der Waals surface area contributed by atoms with Crippen LogP contribution in [-0.4, -0.2) is 17.9 Å². The number of hydrogen-bond donors (Lipinski definition) is 3. The molecule has 2 rings (SSSR count). The number of carbonyl (C=O) groups is 2. The van der Waals surface area contributed by atoms with Crippen molar-refractivity contribution in [3.05, 3.63) is 29.8 Å². The van der Waals surface area contributed by atoms with Crippen molar-refractivity contribution in [2.24, 2.45) is 11.7 Å². The molecule has 1 aromatic rings. The largest absolute Gasteiger partial charge is 0.352 e. The van der Waals surface area contributed by atoms with Crippen molar-refractivity contribution in [3.8, 4) is 0 Å². The molecular formula is C18H27N3O2. The van der Waals surface area contributed by atoms with Crippen molar-refractivity contribution in [2.75, 3.05) is 5.32 Å². The molecule has 0 aliphatic heterocycles. The molecule has 1 unspecified atom stereocenters. The zero-order valence-corrected chi connectivity index (χ0v) is 13.8. The van der Waals surface area contributed by atoms with Crippen molar-refractivity contribution in [1.29, 1.82) is 0 Å². The Kier molecular flexibility index (Phi) is 6.59. The third-order valence-corrected chi connectivity index (χ3v) is 4.24. The van der Waals surface area contributed by atoms with Crippen LogP contribution in [0.2, 0.25) is 0 Å². The van der Waals surface area contributed by atoms with E-state index in [4.69, 9.17) is 5.73 Å². The molecule has 1 aromatic carbocycles. The van der Waals surface area contributed by atoms with Gasteiger partial charge in [-0.25, -0.2) is 0 Å². The molecule has 1 fully saturated rings. The second kappa shape index (κ2) is 8.67. The fraction of sp³-hybridized carbons (Fsp3) is 0.556. The molecule has 0 spiro atoms. The first-order valence-corrected chi connectivity index (χ1v) is 8.46. The number of nitrogens with two attached hydrogens (primary N) is 1. The molecule has 5 heteroatoms. The molecule has 23 heavy (non-hydrogen) atoms. The van der Waals surface area contributed by atoms with Gasteiger partial charge >= 0.3 is 0 Å². The lowest BCUT2D eigenvalue weighted by Gasteiger charge is -2.12. The summed E-state index contributed by atoms with van der Waals surface area (Å²) in [6.45, 7) is 2.36. The summed E-state index contributed by atoms with van der Waals surface area (Å²) in [4.78, 5) is 23.9.